The quantitative estimate of drug-likeness (QED) is 0.621. The molecule has 1 aliphatic rings. The minimum atomic E-state index is 0.822. The highest BCUT2D eigenvalue weighted by atomic mass is 14.9. The van der Waals surface area contributed by atoms with Crippen LogP contribution in [0.15, 0.2) is 0 Å². The summed E-state index contributed by atoms with van der Waals surface area (Å²) in [7, 11) is 0. The van der Waals surface area contributed by atoms with Crippen LogP contribution in [0.2, 0.25) is 0 Å². The first kappa shape index (κ1) is 8.06. The molecule has 0 aliphatic carbocycles. The Morgan fingerprint density at radius 3 is 2.40 bits per heavy atom. The molecule has 1 heterocycles. The monoisotopic (exact) mass is 141 g/mol. The molecule has 2 unspecified atom stereocenters. The van der Waals surface area contributed by atoms with Gasteiger partial charge in [-0.25, -0.2) is 0 Å². The van der Waals surface area contributed by atoms with Gasteiger partial charge in [0.05, 0.1) is 0 Å². The first-order valence-electron chi connectivity index (χ1n) is 4.60. The third-order valence-electron chi connectivity index (χ3n) is 2.69. The molecule has 1 heteroatoms. The van der Waals surface area contributed by atoms with E-state index >= 15 is 0 Å². The summed E-state index contributed by atoms with van der Waals surface area (Å²) in [6, 6.07) is 0.822. The summed E-state index contributed by atoms with van der Waals surface area (Å²) >= 11 is 0. The van der Waals surface area contributed by atoms with Gasteiger partial charge in [-0.1, -0.05) is 20.3 Å². The van der Waals surface area contributed by atoms with Crippen molar-refractivity contribution in [3.63, 3.8) is 0 Å². The zero-order chi connectivity index (χ0) is 7.40. The van der Waals surface area contributed by atoms with E-state index in [2.05, 4.69) is 19.2 Å². The molecule has 60 valence electrons. The van der Waals surface area contributed by atoms with Crippen LogP contribution in [0.1, 0.15) is 39.5 Å². The van der Waals surface area contributed by atoms with Crippen LogP contribution in [0.3, 0.4) is 0 Å². The molecule has 0 aromatic heterocycles. The Kier molecular flexibility index (Phi) is 3.20. The van der Waals surface area contributed by atoms with Gasteiger partial charge in [0, 0.05) is 6.04 Å². The van der Waals surface area contributed by atoms with E-state index in [1.807, 2.05) is 0 Å². The van der Waals surface area contributed by atoms with Crippen LogP contribution in [0.25, 0.3) is 0 Å². The summed E-state index contributed by atoms with van der Waals surface area (Å²) in [6.07, 6.45) is 5.50. The Balaban J connectivity index is 2.17. The SMILES string of the molecule is CCC1CCC(CC)NC1. The second-order valence-corrected chi connectivity index (χ2v) is 3.37. The van der Waals surface area contributed by atoms with Crippen LogP contribution in [0, 0.1) is 5.92 Å². The van der Waals surface area contributed by atoms with Gasteiger partial charge in [0.25, 0.3) is 0 Å². The lowest BCUT2D eigenvalue weighted by Crippen LogP contribution is -2.38. The number of piperidine rings is 1. The van der Waals surface area contributed by atoms with E-state index in [4.69, 9.17) is 0 Å². The van der Waals surface area contributed by atoms with Crippen molar-refractivity contribution in [3.8, 4) is 0 Å². The predicted molar refractivity (Wildman–Crippen MR) is 45.1 cm³/mol. The number of nitrogens with one attached hydrogen (secondary N) is 1. The van der Waals surface area contributed by atoms with Crippen molar-refractivity contribution in [2.45, 2.75) is 45.6 Å². The number of rotatable bonds is 2. The summed E-state index contributed by atoms with van der Waals surface area (Å²) in [5, 5.41) is 3.57. The third-order valence-corrected chi connectivity index (χ3v) is 2.69. The zero-order valence-electron chi connectivity index (χ0n) is 7.19. The lowest BCUT2D eigenvalue weighted by Gasteiger charge is -2.28. The van der Waals surface area contributed by atoms with Gasteiger partial charge in [-0.05, 0) is 31.7 Å². The lowest BCUT2D eigenvalue weighted by molar-refractivity contribution is 0.299. The van der Waals surface area contributed by atoms with Crippen molar-refractivity contribution in [1.29, 1.82) is 0 Å². The van der Waals surface area contributed by atoms with E-state index < -0.39 is 0 Å². The van der Waals surface area contributed by atoms with Crippen molar-refractivity contribution in [1.82, 2.24) is 5.32 Å². The van der Waals surface area contributed by atoms with Gasteiger partial charge in [0.2, 0.25) is 0 Å². The van der Waals surface area contributed by atoms with Crippen molar-refractivity contribution in [2.75, 3.05) is 6.54 Å². The van der Waals surface area contributed by atoms with Gasteiger partial charge in [-0.15, -0.1) is 0 Å². The van der Waals surface area contributed by atoms with Crippen LogP contribution < -0.4 is 5.32 Å². The first-order valence-corrected chi connectivity index (χ1v) is 4.60. The second kappa shape index (κ2) is 3.97. The summed E-state index contributed by atoms with van der Waals surface area (Å²) < 4.78 is 0. The molecule has 2 atom stereocenters. The molecule has 0 aromatic carbocycles. The number of hydrogen-bond donors (Lipinski definition) is 1. The van der Waals surface area contributed by atoms with Crippen LogP contribution in [0.5, 0.6) is 0 Å². The fourth-order valence-electron chi connectivity index (χ4n) is 1.67. The molecular weight excluding hydrogens is 122 g/mol. The molecule has 1 fully saturated rings. The maximum Gasteiger partial charge on any atom is 0.00646 e. The zero-order valence-corrected chi connectivity index (χ0v) is 7.19. The highest BCUT2D eigenvalue weighted by Gasteiger charge is 2.16. The maximum absolute atomic E-state index is 3.57. The van der Waals surface area contributed by atoms with E-state index in [-0.39, 0.29) is 0 Å². The van der Waals surface area contributed by atoms with Crippen molar-refractivity contribution < 1.29 is 0 Å². The fourth-order valence-corrected chi connectivity index (χ4v) is 1.67. The minimum Gasteiger partial charge on any atom is -0.314 e. The topological polar surface area (TPSA) is 12.0 Å². The normalized spacial score (nSPS) is 34.2. The molecule has 0 radical (unpaired) electrons. The molecule has 0 spiro atoms. The summed E-state index contributed by atoms with van der Waals surface area (Å²) in [6.45, 7) is 5.82. The van der Waals surface area contributed by atoms with Crippen molar-refractivity contribution in [3.05, 3.63) is 0 Å². The average molecular weight is 141 g/mol. The largest absolute Gasteiger partial charge is 0.314 e. The van der Waals surface area contributed by atoms with Crippen LogP contribution in [0.4, 0.5) is 0 Å². The van der Waals surface area contributed by atoms with Crippen LogP contribution >= 0.6 is 0 Å². The highest BCUT2D eigenvalue weighted by Crippen LogP contribution is 2.17. The molecule has 0 saturated carbocycles. The predicted octanol–water partition coefficient (Wildman–Crippen LogP) is 2.17. The van der Waals surface area contributed by atoms with Crippen LogP contribution in [-0.4, -0.2) is 12.6 Å². The first-order chi connectivity index (χ1) is 4.86. The van der Waals surface area contributed by atoms with E-state index in [0.717, 1.165) is 12.0 Å². The highest BCUT2D eigenvalue weighted by molar-refractivity contribution is 4.75. The van der Waals surface area contributed by atoms with E-state index in [1.165, 1.54) is 32.2 Å². The van der Waals surface area contributed by atoms with Crippen LogP contribution in [-0.2, 0) is 0 Å². The maximum atomic E-state index is 3.57. The van der Waals surface area contributed by atoms with Gasteiger partial charge in [0.15, 0.2) is 0 Å². The Labute approximate surface area is 64.2 Å². The molecule has 0 amide bonds. The van der Waals surface area contributed by atoms with E-state index in [0.29, 0.717) is 0 Å². The smallest absolute Gasteiger partial charge is 0.00646 e. The van der Waals surface area contributed by atoms with Gasteiger partial charge in [-0.2, -0.15) is 0 Å². The lowest BCUT2D eigenvalue weighted by atomic mass is 9.92. The Bertz CT molecular complexity index is 70.7. The number of hydrogen-bond acceptors (Lipinski definition) is 1. The molecule has 1 aliphatic heterocycles. The minimum absolute atomic E-state index is 0.822. The standard InChI is InChI=1S/C9H19N/c1-3-8-5-6-9(4-2)10-7-8/h8-10H,3-7H2,1-2H3. The third kappa shape index (κ3) is 1.98. The summed E-state index contributed by atoms with van der Waals surface area (Å²) in [5.41, 5.74) is 0. The Hall–Kier alpha value is -0.0400. The molecule has 10 heavy (non-hydrogen) atoms. The molecule has 1 rings (SSSR count). The van der Waals surface area contributed by atoms with Gasteiger partial charge in [-0.3, -0.25) is 0 Å². The van der Waals surface area contributed by atoms with Crippen molar-refractivity contribution >= 4 is 0 Å². The average Bonchev–Trinajstić information content (AvgIpc) is 2.05. The molecule has 0 bridgehead atoms. The molecule has 1 nitrogen and oxygen atoms in total. The Morgan fingerprint density at radius 2 is 2.00 bits per heavy atom. The van der Waals surface area contributed by atoms with Crippen molar-refractivity contribution in [2.24, 2.45) is 5.92 Å². The molecule has 0 aromatic rings. The van der Waals surface area contributed by atoms with E-state index in [9.17, 15) is 0 Å². The second-order valence-electron chi connectivity index (χ2n) is 3.37. The Morgan fingerprint density at radius 1 is 1.20 bits per heavy atom. The van der Waals surface area contributed by atoms with Gasteiger partial charge in [0.1, 0.15) is 0 Å². The summed E-state index contributed by atoms with van der Waals surface area (Å²) in [4.78, 5) is 0. The molecule has 1 saturated heterocycles. The van der Waals surface area contributed by atoms with Gasteiger partial charge >= 0.3 is 0 Å². The molecule has 1 N–H and O–H groups in total. The van der Waals surface area contributed by atoms with Gasteiger partial charge < -0.3 is 5.32 Å². The van der Waals surface area contributed by atoms with E-state index in [1.54, 1.807) is 0 Å². The summed E-state index contributed by atoms with van der Waals surface area (Å²) in [5.74, 6) is 0.961. The fraction of sp³-hybridized carbons (Fsp3) is 1.00. The molecular formula is C9H19N.